The number of rotatable bonds is 4. The summed E-state index contributed by atoms with van der Waals surface area (Å²) in [5, 5.41) is 5.08. The van der Waals surface area contributed by atoms with Crippen LogP contribution >= 0.6 is 0 Å². The Labute approximate surface area is 263 Å². The molecule has 9 rings (SSSR count). The average Bonchev–Trinajstić information content (AvgIpc) is 3.54. The Morgan fingerprint density at radius 1 is 0.467 bits per heavy atom. The predicted octanol–water partition coefficient (Wildman–Crippen LogP) is 11.7. The maximum atomic E-state index is 2.43. The molecule has 2 nitrogen and oxygen atoms in total. The summed E-state index contributed by atoms with van der Waals surface area (Å²) >= 11 is 0. The third-order valence-electron chi connectivity index (χ3n) is 9.74. The molecule has 0 fully saturated rings. The number of fused-ring (bicyclic) bond motifs is 8. The van der Waals surface area contributed by atoms with Crippen LogP contribution in [0.15, 0.2) is 158 Å². The van der Waals surface area contributed by atoms with Gasteiger partial charge in [0.2, 0.25) is 0 Å². The summed E-state index contributed by atoms with van der Waals surface area (Å²) in [5.74, 6) is 0. The summed E-state index contributed by atoms with van der Waals surface area (Å²) in [4.78, 5) is 2.43. The number of para-hydroxylation sites is 3. The minimum Gasteiger partial charge on any atom is -0.310 e. The molecule has 0 radical (unpaired) electrons. The van der Waals surface area contributed by atoms with E-state index in [2.05, 4.69) is 181 Å². The van der Waals surface area contributed by atoms with Crippen LogP contribution in [0.1, 0.15) is 25.0 Å². The van der Waals surface area contributed by atoms with Crippen molar-refractivity contribution in [3.05, 3.63) is 169 Å². The summed E-state index contributed by atoms with van der Waals surface area (Å²) < 4.78 is 2.40. The number of anilines is 3. The highest BCUT2D eigenvalue weighted by Gasteiger charge is 2.37. The monoisotopic (exact) mass is 576 g/mol. The summed E-state index contributed by atoms with van der Waals surface area (Å²) in [5.41, 5.74) is 12.4. The van der Waals surface area contributed by atoms with Gasteiger partial charge in [-0.3, -0.25) is 0 Å². The van der Waals surface area contributed by atoms with E-state index in [4.69, 9.17) is 0 Å². The molecule has 214 valence electrons. The quantitative estimate of drug-likeness (QED) is 0.202. The zero-order valence-corrected chi connectivity index (χ0v) is 25.4. The van der Waals surface area contributed by atoms with Crippen LogP contribution in [-0.2, 0) is 5.41 Å². The van der Waals surface area contributed by atoms with Crippen LogP contribution in [0.2, 0.25) is 0 Å². The second-order valence-corrected chi connectivity index (χ2v) is 12.6. The molecule has 0 amide bonds. The lowest BCUT2D eigenvalue weighted by Gasteiger charge is -2.29. The lowest BCUT2D eigenvalue weighted by atomic mass is 9.80. The zero-order chi connectivity index (χ0) is 30.1. The van der Waals surface area contributed by atoms with Gasteiger partial charge in [0.1, 0.15) is 0 Å². The number of benzene rings is 7. The summed E-state index contributed by atoms with van der Waals surface area (Å²) in [7, 11) is 0. The molecule has 0 aliphatic heterocycles. The fraction of sp³-hybridized carbons (Fsp3) is 0.0698. The number of hydrogen-bond donors (Lipinski definition) is 0. The summed E-state index contributed by atoms with van der Waals surface area (Å²) in [6.45, 7) is 4.74. The van der Waals surface area contributed by atoms with Crippen molar-refractivity contribution in [1.82, 2.24) is 4.57 Å². The standard InChI is InChI=1S/C43H32N2/c1-43(2)38-21-11-9-18-32(38)37-27-26-35-36(42(37)43)20-13-23-39(35)44(29-14-5-3-6-15-29)31-24-25-34-33-19-10-12-22-40(33)45(41(34)28-31)30-16-7-4-8-17-30/h3-28H,1-2H3. The Kier molecular flexibility index (Phi) is 5.58. The highest BCUT2D eigenvalue weighted by molar-refractivity contribution is 6.11. The van der Waals surface area contributed by atoms with Crippen molar-refractivity contribution < 1.29 is 0 Å². The smallest absolute Gasteiger partial charge is 0.0561 e. The van der Waals surface area contributed by atoms with Crippen molar-refractivity contribution in [2.75, 3.05) is 4.90 Å². The molecule has 0 saturated heterocycles. The van der Waals surface area contributed by atoms with E-state index in [1.54, 1.807) is 0 Å². The average molecular weight is 577 g/mol. The van der Waals surface area contributed by atoms with Gasteiger partial charge in [0, 0.05) is 38.6 Å². The van der Waals surface area contributed by atoms with Crippen molar-refractivity contribution in [2.45, 2.75) is 19.3 Å². The van der Waals surface area contributed by atoms with Crippen molar-refractivity contribution in [3.63, 3.8) is 0 Å². The van der Waals surface area contributed by atoms with Crippen molar-refractivity contribution >= 4 is 49.6 Å². The van der Waals surface area contributed by atoms with Crippen LogP contribution in [0.3, 0.4) is 0 Å². The first-order valence-electron chi connectivity index (χ1n) is 15.7. The second-order valence-electron chi connectivity index (χ2n) is 12.6. The molecule has 1 aromatic heterocycles. The van der Waals surface area contributed by atoms with Crippen LogP contribution < -0.4 is 4.90 Å². The fourth-order valence-electron chi connectivity index (χ4n) is 7.79. The molecule has 0 saturated carbocycles. The summed E-state index contributed by atoms with van der Waals surface area (Å²) in [6, 6.07) is 57.5. The van der Waals surface area contributed by atoms with E-state index in [1.165, 1.54) is 60.5 Å². The lowest BCUT2D eigenvalue weighted by molar-refractivity contribution is 0.666. The van der Waals surface area contributed by atoms with Gasteiger partial charge in [-0.15, -0.1) is 0 Å². The largest absolute Gasteiger partial charge is 0.310 e. The van der Waals surface area contributed by atoms with E-state index >= 15 is 0 Å². The molecule has 0 N–H and O–H groups in total. The van der Waals surface area contributed by atoms with Crippen molar-refractivity contribution in [1.29, 1.82) is 0 Å². The number of nitrogens with zero attached hydrogens (tertiary/aromatic N) is 2. The van der Waals surface area contributed by atoms with E-state index < -0.39 is 0 Å². The molecular formula is C43H32N2. The number of hydrogen-bond acceptors (Lipinski definition) is 1. The third-order valence-corrected chi connectivity index (χ3v) is 9.74. The fourth-order valence-corrected chi connectivity index (χ4v) is 7.79. The highest BCUT2D eigenvalue weighted by atomic mass is 15.1. The van der Waals surface area contributed by atoms with Crippen LogP contribution in [0.25, 0.3) is 49.4 Å². The van der Waals surface area contributed by atoms with E-state index in [-0.39, 0.29) is 5.41 Å². The lowest BCUT2D eigenvalue weighted by Crippen LogP contribution is -2.16. The summed E-state index contributed by atoms with van der Waals surface area (Å²) in [6.07, 6.45) is 0. The van der Waals surface area contributed by atoms with Crippen molar-refractivity contribution in [3.8, 4) is 16.8 Å². The number of aromatic nitrogens is 1. The Hall–Kier alpha value is -5.60. The normalized spacial score (nSPS) is 13.3. The van der Waals surface area contributed by atoms with Crippen molar-refractivity contribution in [2.24, 2.45) is 0 Å². The van der Waals surface area contributed by atoms with Gasteiger partial charge in [-0.05, 0) is 76.2 Å². The molecule has 7 aromatic carbocycles. The van der Waals surface area contributed by atoms with Gasteiger partial charge >= 0.3 is 0 Å². The van der Waals surface area contributed by atoms with Crippen LogP contribution in [-0.4, -0.2) is 4.57 Å². The molecule has 2 heteroatoms. The molecule has 1 aliphatic carbocycles. The first-order valence-corrected chi connectivity index (χ1v) is 15.7. The van der Waals surface area contributed by atoms with E-state index in [0.29, 0.717) is 0 Å². The Morgan fingerprint density at radius 3 is 1.98 bits per heavy atom. The zero-order valence-electron chi connectivity index (χ0n) is 25.4. The van der Waals surface area contributed by atoms with Gasteiger partial charge in [-0.1, -0.05) is 123 Å². The van der Waals surface area contributed by atoms with Gasteiger partial charge in [-0.25, -0.2) is 0 Å². The topological polar surface area (TPSA) is 8.17 Å². The minimum absolute atomic E-state index is 0.0861. The highest BCUT2D eigenvalue weighted by Crippen LogP contribution is 2.52. The van der Waals surface area contributed by atoms with Gasteiger partial charge < -0.3 is 9.47 Å². The maximum absolute atomic E-state index is 2.43. The van der Waals surface area contributed by atoms with Gasteiger partial charge in [0.25, 0.3) is 0 Å². The molecule has 0 unspecified atom stereocenters. The molecular weight excluding hydrogens is 544 g/mol. The molecule has 8 aromatic rings. The third kappa shape index (κ3) is 3.76. The Balaban J connectivity index is 1.32. The van der Waals surface area contributed by atoms with Gasteiger partial charge in [0.05, 0.1) is 16.7 Å². The molecule has 0 bridgehead atoms. The van der Waals surface area contributed by atoms with Crippen LogP contribution in [0, 0.1) is 0 Å². The molecule has 0 spiro atoms. The van der Waals surface area contributed by atoms with E-state index in [0.717, 1.165) is 17.1 Å². The molecule has 45 heavy (non-hydrogen) atoms. The first kappa shape index (κ1) is 25.9. The molecule has 1 aliphatic rings. The van der Waals surface area contributed by atoms with Gasteiger partial charge in [0.15, 0.2) is 0 Å². The molecule has 0 atom stereocenters. The maximum Gasteiger partial charge on any atom is 0.0561 e. The van der Waals surface area contributed by atoms with E-state index in [9.17, 15) is 0 Å². The second kappa shape index (κ2) is 9.70. The predicted molar refractivity (Wildman–Crippen MR) is 191 cm³/mol. The Bertz CT molecular complexity index is 2400. The van der Waals surface area contributed by atoms with Gasteiger partial charge in [-0.2, -0.15) is 0 Å². The van der Waals surface area contributed by atoms with E-state index in [1.807, 2.05) is 0 Å². The van der Waals surface area contributed by atoms with Crippen LogP contribution in [0.5, 0.6) is 0 Å². The SMILES string of the molecule is CC1(C)c2ccccc2-c2ccc3c(N(c4ccccc4)c4ccc5c6ccccc6n(-c6ccccc6)c5c4)cccc3c21. The molecule has 1 heterocycles. The Morgan fingerprint density at radius 2 is 1.13 bits per heavy atom. The first-order chi connectivity index (χ1) is 22.1. The minimum atomic E-state index is -0.0861. The van der Waals surface area contributed by atoms with Crippen LogP contribution in [0.4, 0.5) is 17.1 Å².